The second-order valence-electron chi connectivity index (χ2n) is 5.74. The predicted octanol–water partition coefficient (Wildman–Crippen LogP) is 0.820. The SMILES string of the molecule is CCNC(=NCCNS(=O)(=O)c1cccs1)NC1CCC(=O)N(C)C1.I. The molecule has 11 heteroatoms. The van der Waals surface area contributed by atoms with Crippen LogP contribution in [0.5, 0.6) is 0 Å². The molecule has 1 aliphatic heterocycles. The molecule has 0 aromatic carbocycles. The van der Waals surface area contributed by atoms with E-state index in [2.05, 4.69) is 20.3 Å². The van der Waals surface area contributed by atoms with Crippen molar-refractivity contribution in [2.45, 2.75) is 30.0 Å². The molecule has 1 aliphatic rings. The van der Waals surface area contributed by atoms with Crippen LogP contribution in [-0.2, 0) is 14.8 Å². The molecule has 3 N–H and O–H groups in total. The number of carbonyl (C=O) groups is 1. The van der Waals surface area contributed by atoms with E-state index in [0.29, 0.717) is 36.2 Å². The van der Waals surface area contributed by atoms with Gasteiger partial charge in [-0.25, -0.2) is 13.1 Å². The number of aliphatic imine (C=N–C) groups is 1. The number of nitrogens with zero attached hydrogens (tertiary/aromatic N) is 2. The topological polar surface area (TPSA) is 103 Å². The zero-order valence-electron chi connectivity index (χ0n) is 14.9. The Morgan fingerprint density at radius 1 is 1.46 bits per heavy atom. The molecule has 148 valence electrons. The Morgan fingerprint density at radius 2 is 2.23 bits per heavy atom. The fraction of sp³-hybridized carbons (Fsp3) is 0.600. The number of hydrogen-bond donors (Lipinski definition) is 3. The van der Waals surface area contributed by atoms with Gasteiger partial charge >= 0.3 is 0 Å². The maximum Gasteiger partial charge on any atom is 0.250 e. The first-order valence-electron chi connectivity index (χ1n) is 8.24. The van der Waals surface area contributed by atoms with Crippen LogP contribution in [0.1, 0.15) is 19.8 Å². The lowest BCUT2D eigenvalue weighted by molar-refractivity contribution is -0.132. The number of guanidine groups is 1. The fourth-order valence-electron chi connectivity index (χ4n) is 2.48. The van der Waals surface area contributed by atoms with Gasteiger partial charge in [0, 0.05) is 39.1 Å². The summed E-state index contributed by atoms with van der Waals surface area (Å²) in [5.74, 6) is 0.786. The Labute approximate surface area is 175 Å². The number of piperidine rings is 1. The number of likely N-dealkylation sites (tertiary alicyclic amines) is 1. The summed E-state index contributed by atoms with van der Waals surface area (Å²) in [6.45, 7) is 3.84. The van der Waals surface area contributed by atoms with Crippen LogP contribution in [0.4, 0.5) is 0 Å². The van der Waals surface area contributed by atoms with Gasteiger partial charge in [-0.1, -0.05) is 6.07 Å². The number of sulfonamides is 1. The van der Waals surface area contributed by atoms with E-state index in [0.717, 1.165) is 6.42 Å². The number of amides is 1. The summed E-state index contributed by atoms with van der Waals surface area (Å²) in [5, 5.41) is 8.17. The minimum absolute atomic E-state index is 0. The Balaban J connectivity index is 0.00000338. The van der Waals surface area contributed by atoms with E-state index >= 15 is 0 Å². The maximum atomic E-state index is 12.0. The number of rotatable bonds is 7. The van der Waals surface area contributed by atoms with Gasteiger partial charge in [0.2, 0.25) is 15.9 Å². The second kappa shape index (κ2) is 11.0. The van der Waals surface area contributed by atoms with E-state index in [4.69, 9.17) is 0 Å². The Kier molecular flexibility index (Phi) is 9.82. The van der Waals surface area contributed by atoms with Gasteiger partial charge in [0.25, 0.3) is 0 Å². The van der Waals surface area contributed by atoms with E-state index in [1.54, 1.807) is 29.5 Å². The van der Waals surface area contributed by atoms with Crippen LogP contribution < -0.4 is 15.4 Å². The highest BCUT2D eigenvalue weighted by Gasteiger charge is 2.23. The standard InChI is InChI=1S/C15H25N5O3S2.HI/c1-3-16-15(19-12-6-7-13(21)20(2)11-12)17-8-9-18-25(22,23)14-5-4-10-24-14;/h4-5,10,12,18H,3,6-9,11H2,1-2H3,(H2,16,17,19);1H. The summed E-state index contributed by atoms with van der Waals surface area (Å²) in [4.78, 5) is 17.7. The van der Waals surface area contributed by atoms with Crippen molar-refractivity contribution in [2.24, 2.45) is 4.99 Å². The number of carbonyl (C=O) groups excluding carboxylic acids is 1. The number of nitrogens with one attached hydrogen (secondary N) is 3. The third kappa shape index (κ3) is 7.00. The number of likely N-dealkylation sites (N-methyl/N-ethyl adjacent to an activating group) is 1. The van der Waals surface area contributed by atoms with E-state index in [1.807, 2.05) is 6.92 Å². The lowest BCUT2D eigenvalue weighted by atomic mass is 10.1. The van der Waals surface area contributed by atoms with Crippen LogP contribution in [0, 0.1) is 0 Å². The molecule has 1 aromatic heterocycles. The molecule has 1 unspecified atom stereocenters. The molecule has 2 heterocycles. The first-order valence-corrected chi connectivity index (χ1v) is 10.6. The van der Waals surface area contributed by atoms with Gasteiger partial charge in [0.15, 0.2) is 5.96 Å². The lowest BCUT2D eigenvalue weighted by Gasteiger charge is -2.31. The van der Waals surface area contributed by atoms with Crippen LogP contribution in [0.15, 0.2) is 26.7 Å². The molecule has 1 atom stereocenters. The van der Waals surface area contributed by atoms with Crippen LogP contribution in [0.25, 0.3) is 0 Å². The second-order valence-corrected chi connectivity index (χ2v) is 8.69. The molecule has 0 radical (unpaired) electrons. The number of thiophene rings is 1. The molecule has 0 saturated carbocycles. The van der Waals surface area contributed by atoms with Crippen molar-refractivity contribution in [3.8, 4) is 0 Å². The molecule has 2 rings (SSSR count). The minimum atomic E-state index is -3.45. The largest absolute Gasteiger partial charge is 0.357 e. The summed E-state index contributed by atoms with van der Waals surface area (Å²) < 4.78 is 26.9. The smallest absolute Gasteiger partial charge is 0.250 e. The van der Waals surface area contributed by atoms with Gasteiger partial charge in [-0.3, -0.25) is 9.79 Å². The van der Waals surface area contributed by atoms with Gasteiger partial charge in [0.05, 0.1) is 6.54 Å². The summed E-state index contributed by atoms with van der Waals surface area (Å²) in [6, 6.07) is 3.42. The Hall–Kier alpha value is -0.920. The number of halogens is 1. The van der Waals surface area contributed by atoms with Crippen molar-refractivity contribution in [3.63, 3.8) is 0 Å². The third-order valence-electron chi connectivity index (χ3n) is 3.75. The lowest BCUT2D eigenvalue weighted by Crippen LogP contribution is -2.51. The highest BCUT2D eigenvalue weighted by atomic mass is 127. The van der Waals surface area contributed by atoms with Crippen molar-refractivity contribution in [1.82, 2.24) is 20.3 Å². The average molecular weight is 515 g/mol. The van der Waals surface area contributed by atoms with Crippen LogP contribution in [0.2, 0.25) is 0 Å². The van der Waals surface area contributed by atoms with Gasteiger partial charge in [0.1, 0.15) is 4.21 Å². The summed E-state index contributed by atoms with van der Waals surface area (Å²) in [6.07, 6.45) is 1.28. The van der Waals surface area contributed by atoms with Crippen molar-refractivity contribution >= 4 is 57.2 Å². The van der Waals surface area contributed by atoms with Crippen molar-refractivity contribution < 1.29 is 13.2 Å². The molecular formula is C15H26IN5O3S2. The molecule has 0 bridgehead atoms. The minimum Gasteiger partial charge on any atom is -0.357 e. The average Bonchev–Trinajstić information content (AvgIpc) is 3.10. The zero-order valence-corrected chi connectivity index (χ0v) is 18.9. The zero-order chi connectivity index (χ0) is 18.3. The van der Waals surface area contributed by atoms with E-state index in [1.165, 1.54) is 11.3 Å². The van der Waals surface area contributed by atoms with Gasteiger partial charge in [-0.05, 0) is 24.8 Å². The van der Waals surface area contributed by atoms with Gasteiger partial charge in [-0.2, -0.15) is 0 Å². The van der Waals surface area contributed by atoms with E-state index < -0.39 is 10.0 Å². The summed E-state index contributed by atoms with van der Waals surface area (Å²) >= 11 is 1.18. The van der Waals surface area contributed by atoms with Crippen molar-refractivity contribution in [3.05, 3.63) is 17.5 Å². The molecule has 1 fully saturated rings. The quantitative estimate of drug-likeness (QED) is 0.216. The highest BCUT2D eigenvalue weighted by molar-refractivity contribution is 14.0. The van der Waals surface area contributed by atoms with Crippen molar-refractivity contribution in [1.29, 1.82) is 0 Å². The molecular weight excluding hydrogens is 489 g/mol. The maximum absolute atomic E-state index is 12.0. The number of hydrogen-bond acceptors (Lipinski definition) is 5. The van der Waals surface area contributed by atoms with Crippen LogP contribution in [-0.4, -0.2) is 64.5 Å². The first-order chi connectivity index (χ1) is 11.9. The molecule has 8 nitrogen and oxygen atoms in total. The van der Waals surface area contributed by atoms with Gasteiger partial charge < -0.3 is 15.5 Å². The normalized spacial score (nSPS) is 18.4. The van der Waals surface area contributed by atoms with Crippen LogP contribution >= 0.6 is 35.3 Å². The first kappa shape index (κ1) is 23.1. The Morgan fingerprint density at radius 3 is 2.85 bits per heavy atom. The van der Waals surface area contributed by atoms with Crippen LogP contribution in [0.3, 0.4) is 0 Å². The van der Waals surface area contributed by atoms with E-state index in [9.17, 15) is 13.2 Å². The molecule has 0 aliphatic carbocycles. The Bertz CT molecular complexity index is 694. The molecule has 1 amide bonds. The summed E-state index contributed by atoms with van der Waals surface area (Å²) in [7, 11) is -1.66. The highest BCUT2D eigenvalue weighted by Crippen LogP contribution is 2.14. The molecule has 1 aromatic rings. The van der Waals surface area contributed by atoms with Gasteiger partial charge in [-0.15, -0.1) is 35.3 Å². The molecule has 26 heavy (non-hydrogen) atoms. The monoisotopic (exact) mass is 515 g/mol. The van der Waals surface area contributed by atoms with E-state index in [-0.39, 0.29) is 42.5 Å². The fourth-order valence-corrected chi connectivity index (χ4v) is 4.54. The molecule has 0 spiro atoms. The van der Waals surface area contributed by atoms with Crippen molar-refractivity contribution in [2.75, 3.05) is 33.2 Å². The summed E-state index contributed by atoms with van der Waals surface area (Å²) in [5.41, 5.74) is 0. The third-order valence-corrected chi connectivity index (χ3v) is 6.60. The predicted molar refractivity (Wildman–Crippen MR) is 115 cm³/mol. The molecule has 1 saturated heterocycles.